The number of methoxy groups -OCH3 is 1. The van der Waals surface area contributed by atoms with Crippen molar-refractivity contribution in [3.05, 3.63) is 52.7 Å². The summed E-state index contributed by atoms with van der Waals surface area (Å²) in [6.45, 7) is 0. The minimum absolute atomic E-state index is 0.0500. The van der Waals surface area contributed by atoms with Gasteiger partial charge in [0.2, 0.25) is 5.22 Å². The average molecular weight is 269 g/mol. The first-order chi connectivity index (χ1) is 8.61. The molecule has 2 aromatic rings. The zero-order chi connectivity index (χ0) is 13.1. The van der Waals surface area contributed by atoms with Gasteiger partial charge in [-0.3, -0.25) is 4.79 Å². The monoisotopic (exact) mass is 268 g/mol. The van der Waals surface area contributed by atoms with E-state index >= 15 is 0 Å². The van der Waals surface area contributed by atoms with Crippen LogP contribution in [-0.4, -0.2) is 12.9 Å². The van der Waals surface area contributed by atoms with Crippen LogP contribution in [0.15, 0.2) is 34.9 Å². The fraction of sp³-hybridized carbons (Fsp3) is 0.154. The summed E-state index contributed by atoms with van der Waals surface area (Å²) in [4.78, 5) is 11.9. The third-order valence-electron chi connectivity index (χ3n) is 2.50. The predicted molar refractivity (Wildman–Crippen MR) is 64.7 cm³/mol. The number of hydrogen-bond donors (Lipinski definition) is 0. The van der Waals surface area contributed by atoms with E-state index in [0.717, 1.165) is 0 Å². The molecule has 0 saturated heterocycles. The maximum Gasteiger partial charge on any atom is 0.203 e. The van der Waals surface area contributed by atoms with E-state index in [1.54, 1.807) is 6.07 Å². The highest BCUT2D eigenvalue weighted by atomic mass is 35.5. The van der Waals surface area contributed by atoms with Crippen molar-refractivity contribution in [2.45, 2.75) is 6.42 Å². The van der Waals surface area contributed by atoms with Gasteiger partial charge in [0.25, 0.3) is 0 Å². The number of hydrogen-bond acceptors (Lipinski definition) is 3. The van der Waals surface area contributed by atoms with Crippen LogP contribution >= 0.6 is 11.6 Å². The molecule has 0 aliphatic carbocycles. The Morgan fingerprint density at radius 3 is 2.78 bits per heavy atom. The van der Waals surface area contributed by atoms with Crippen LogP contribution in [0.1, 0.15) is 15.9 Å². The summed E-state index contributed by atoms with van der Waals surface area (Å²) in [6.07, 6.45) is 1.39. The Balaban J connectivity index is 2.17. The summed E-state index contributed by atoms with van der Waals surface area (Å²) in [5, 5.41) is 0.0500. The molecule has 0 N–H and O–H groups in total. The molecule has 0 saturated carbocycles. The predicted octanol–water partition coefficient (Wildman–Crippen LogP) is 3.51. The van der Waals surface area contributed by atoms with E-state index in [1.165, 1.54) is 31.6 Å². The first kappa shape index (κ1) is 12.6. The lowest BCUT2D eigenvalue weighted by Crippen LogP contribution is -2.03. The number of rotatable bonds is 4. The largest absolute Gasteiger partial charge is 0.494 e. The average Bonchev–Trinajstić information content (AvgIpc) is 2.76. The molecule has 0 aliphatic heterocycles. The van der Waals surface area contributed by atoms with Crippen molar-refractivity contribution in [3.8, 4) is 5.75 Å². The molecule has 0 atom stereocenters. The molecule has 2 rings (SSSR count). The maximum atomic E-state index is 13.4. The summed E-state index contributed by atoms with van der Waals surface area (Å²) in [7, 11) is 1.38. The SMILES string of the molecule is COc1ccc(CC(=O)c2ccoc2Cl)cc1F. The minimum atomic E-state index is -0.499. The lowest BCUT2D eigenvalue weighted by Gasteiger charge is -2.04. The number of benzene rings is 1. The standard InChI is InChI=1S/C13H10ClFO3/c1-17-12-3-2-8(6-10(12)15)7-11(16)9-4-5-18-13(9)14/h2-6H,7H2,1H3. The highest BCUT2D eigenvalue weighted by Gasteiger charge is 2.14. The molecule has 94 valence electrons. The molecule has 0 bridgehead atoms. The minimum Gasteiger partial charge on any atom is -0.494 e. The van der Waals surface area contributed by atoms with Crippen LogP contribution in [0.2, 0.25) is 5.22 Å². The molecule has 18 heavy (non-hydrogen) atoms. The molecule has 0 amide bonds. The molecule has 1 aromatic heterocycles. The molecule has 1 heterocycles. The maximum absolute atomic E-state index is 13.4. The van der Waals surface area contributed by atoms with Crippen molar-refractivity contribution in [2.24, 2.45) is 0 Å². The van der Waals surface area contributed by atoms with Crippen LogP contribution in [0.4, 0.5) is 4.39 Å². The highest BCUT2D eigenvalue weighted by Crippen LogP contribution is 2.21. The fourth-order valence-electron chi connectivity index (χ4n) is 1.59. The van der Waals surface area contributed by atoms with Crippen molar-refractivity contribution in [2.75, 3.05) is 7.11 Å². The second-order valence-corrected chi connectivity index (χ2v) is 4.02. The zero-order valence-electron chi connectivity index (χ0n) is 9.57. The van der Waals surface area contributed by atoms with Crippen molar-refractivity contribution in [3.63, 3.8) is 0 Å². The van der Waals surface area contributed by atoms with E-state index in [2.05, 4.69) is 0 Å². The van der Waals surface area contributed by atoms with Crippen LogP contribution in [-0.2, 0) is 6.42 Å². The molecule has 3 nitrogen and oxygen atoms in total. The van der Waals surface area contributed by atoms with Gasteiger partial charge in [-0.2, -0.15) is 0 Å². The van der Waals surface area contributed by atoms with Crippen molar-refractivity contribution < 1.29 is 18.3 Å². The van der Waals surface area contributed by atoms with Crippen LogP contribution in [0.25, 0.3) is 0 Å². The summed E-state index contributed by atoms with van der Waals surface area (Å²) in [5.41, 5.74) is 0.850. The fourth-order valence-corrected chi connectivity index (χ4v) is 1.81. The van der Waals surface area contributed by atoms with Gasteiger partial charge in [0.05, 0.1) is 18.9 Å². The summed E-state index contributed by atoms with van der Waals surface area (Å²) in [6, 6.07) is 5.87. The van der Waals surface area contributed by atoms with E-state index in [-0.39, 0.29) is 23.2 Å². The first-order valence-corrected chi connectivity index (χ1v) is 5.58. The smallest absolute Gasteiger partial charge is 0.203 e. The summed E-state index contributed by atoms with van der Waals surface area (Å²) in [5.74, 6) is -0.577. The van der Waals surface area contributed by atoms with Crippen molar-refractivity contribution in [1.29, 1.82) is 0 Å². The Morgan fingerprint density at radius 2 is 2.22 bits per heavy atom. The Bertz CT molecular complexity index is 577. The topological polar surface area (TPSA) is 39.4 Å². The third-order valence-corrected chi connectivity index (χ3v) is 2.79. The number of ketones is 1. The molecular formula is C13H10ClFO3. The van der Waals surface area contributed by atoms with E-state index in [1.807, 2.05) is 0 Å². The molecule has 0 spiro atoms. The molecule has 1 aromatic carbocycles. The Labute approximate surface area is 108 Å². The van der Waals surface area contributed by atoms with E-state index in [4.69, 9.17) is 20.8 Å². The zero-order valence-corrected chi connectivity index (χ0v) is 10.3. The number of ether oxygens (including phenoxy) is 1. The van der Waals surface area contributed by atoms with E-state index < -0.39 is 5.82 Å². The highest BCUT2D eigenvalue weighted by molar-refractivity contribution is 6.32. The number of furan rings is 1. The van der Waals surface area contributed by atoms with Gasteiger partial charge in [0, 0.05) is 6.42 Å². The van der Waals surface area contributed by atoms with Gasteiger partial charge in [0.1, 0.15) is 0 Å². The second kappa shape index (κ2) is 5.23. The van der Waals surface area contributed by atoms with Crippen molar-refractivity contribution >= 4 is 17.4 Å². The molecule has 0 radical (unpaired) electrons. The molecule has 0 unspecified atom stereocenters. The molecular weight excluding hydrogens is 259 g/mol. The molecule has 0 fully saturated rings. The lowest BCUT2D eigenvalue weighted by molar-refractivity contribution is 0.0992. The van der Waals surface area contributed by atoms with E-state index in [0.29, 0.717) is 11.1 Å². The normalized spacial score (nSPS) is 10.4. The van der Waals surface area contributed by atoms with Gasteiger partial charge in [-0.05, 0) is 35.4 Å². The Kier molecular flexibility index (Phi) is 3.67. The number of carbonyl (C=O) groups excluding carboxylic acids is 1. The Morgan fingerprint density at radius 1 is 1.44 bits per heavy atom. The summed E-state index contributed by atoms with van der Waals surface area (Å²) >= 11 is 5.70. The molecule has 0 aliphatic rings. The van der Waals surface area contributed by atoms with Gasteiger partial charge in [-0.15, -0.1) is 0 Å². The summed E-state index contributed by atoms with van der Waals surface area (Å²) < 4.78 is 23.1. The van der Waals surface area contributed by atoms with Crippen LogP contribution in [0.3, 0.4) is 0 Å². The van der Waals surface area contributed by atoms with Gasteiger partial charge >= 0.3 is 0 Å². The van der Waals surface area contributed by atoms with Crippen LogP contribution in [0.5, 0.6) is 5.75 Å². The third kappa shape index (κ3) is 2.54. The first-order valence-electron chi connectivity index (χ1n) is 5.20. The van der Waals surface area contributed by atoms with Gasteiger partial charge in [-0.1, -0.05) is 6.07 Å². The Hall–Kier alpha value is -1.81. The van der Waals surface area contributed by atoms with Crippen LogP contribution in [0, 0.1) is 5.82 Å². The second-order valence-electron chi connectivity index (χ2n) is 3.68. The van der Waals surface area contributed by atoms with E-state index in [9.17, 15) is 9.18 Å². The number of halogens is 2. The van der Waals surface area contributed by atoms with Gasteiger partial charge in [-0.25, -0.2) is 4.39 Å². The quantitative estimate of drug-likeness (QED) is 0.797. The van der Waals surface area contributed by atoms with Gasteiger partial charge in [0.15, 0.2) is 17.3 Å². The number of carbonyl (C=O) groups is 1. The number of Topliss-reactive ketones (excluding diaryl/α,β-unsaturated/α-hetero) is 1. The van der Waals surface area contributed by atoms with Gasteiger partial charge < -0.3 is 9.15 Å². The lowest BCUT2D eigenvalue weighted by atomic mass is 10.1. The molecule has 5 heteroatoms. The van der Waals surface area contributed by atoms with Crippen LogP contribution < -0.4 is 4.74 Å². The van der Waals surface area contributed by atoms with Crippen molar-refractivity contribution in [1.82, 2.24) is 0 Å².